The summed E-state index contributed by atoms with van der Waals surface area (Å²) in [4.78, 5) is 0. The van der Waals surface area contributed by atoms with Crippen LogP contribution >= 0.6 is 0 Å². The molecule has 0 amide bonds. The zero-order valence-corrected chi connectivity index (χ0v) is 10.9. The molecule has 0 heterocycles. The zero-order valence-electron chi connectivity index (χ0n) is 10.9. The summed E-state index contributed by atoms with van der Waals surface area (Å²) in [6.45, 7) is 4.08. The van der Waals surface area contributed by atoms with Crippen LogP contribution in [0.15, 0.2) is 36.4 Å². The van der Waals surface area contributed by atoms with Gasteiger partial charge in [-0.15, -0.1) is 0 Å². The molecule has 0 radical (unpaired) electrons. The number of hydrogen-bond donors (Lipinski definition) is 0. The Balaban J connectivity index is 2.15. The molecule has 0 N–H and O–H groups in total. The lowest BCUT2D eigenvalue weighted by molar-refractivity contribution is 0.297. The largest absolute Gasteiger partial charge is 0.489 e. The molecule has 0 aliphatic rings. The Labute approximate surface area is 112 Å². The lowest BCUT2D eigenvalue weighted by Crippen LogP contribution is -2.00. The van der Waals surface area contributed by atoms with Crippen molar-refractivity contribution in [2.75, 3.05) is 0 Å². The maximum atomic E-state index is 13.7. The zero-order chi connectivity index (χ0) is 13.8. The van der Waals surface area contributed by atoms with E-state index in [1.807, 2.05) is 38.1 Å². The molecule has 2 rings (SSSR count). The quantitative estimate of drug-likeness (QED) is 0.833. The molecule has 2 aromatic rings. The summed E-state index contributed by atoms with van der Waals surface area (Å²) in [6.07, 6.45) is 0. The Morgan fingerprint density at radius 1 is 1.16 bits per heavy atom. The molecule has 96 valence electrons. The molecule has 19 heavy (non-hydrogen) atoms. The molecule has 0 fully saturated rings. The lowest BCUT2D eigenvalue weighted by atomic mass is 10.1. The molecule has 0 saturated heterocycles. The first kappa shape index (κ1) is 13.1. The third-order valence-corrected chi connectivity index (χ3v) is 2.91. The van der Waals surface area contributed by atoms with Crippen LogP contribution in [0.2, 0.25) is 0 Å². The second-order valence-corrected chi connectivity index (χ2v) is 4.48. The summed E-state index contributed by atoms with van der Waals surface area (Å²) >= 11 is 0. The molecular formula is C16H14FNO. The van der Waals surface area contributed by atoms with Crippen molar-refractivity contribution in [3.63, 3.8) is 0 Å². The summed E-state index contributed by atoms with van der Waals surface area (Å²) in [5.74, 6) is 0.341. The van der Waals surface area contributed by atoms with Crippen LogP contribution in [0.1, 0.15) is 22.3 Å². The van der Waals surface area contributed by atoms with Crippen LogP contribution in [0.3, 0.4) is 0 Å². The van der Waals surface area contributed by atoms with Gasteiger partial charge in [-0.25, -0.2) is 4.39 Å². The fourth-order valence-corrected chi connectivity index (χ4v) is 1.75. The first-order chi connectivity index (χ1) is 9.10. The highest BCUT2D eigenvalue weighted by Crippen LogP contribution is 2.21. The van der Waals surface area contributed by atoms with E-state index in [0.29, 0.717) is 11.1 Å². The molecule has 0 aliphatic heterocycles. The monoisotopic (exact) mass is 255 g/mol. The first-order valence-electron chi connectivity index (χ1n) is 5.99. The number of benzene rings is 2. The van der Waals surface area contributed by atoms with Crippen molar-refractivity contribution in [3.05, 3.63) is 64.5 Å². The molecule has 0 atom stereocenters. The van der Waals surface area contributed by atoms with Gasteiger partial charge in [0, 0.05) is 5.56 Å². The maximum absolute atomic E-state index is 13.7. The summed E-state index contributed by atoms with van der Waals surface area (Å²) < 4.78 is 19.3. The van der Waals surface area contributed by atoms with Gasteiger partial charge < -0.3 is 4.74 Å². The Morgan fingerprint density at radius 3 is 2.63 bits per heavy atom. The van der Waals surface area contributed by atoms with Crippen LogP contribution in [0.5, 0.6) is 5.75 Å². The highest BCUT2D eigenvalue weighted by Gasteiger charge is 2.06. The molecule has 0 bridgehead atoms. The van der Waals surface area contributed by atoms with Gasteiger partial charge in [0.05, 0.1) is 11.6 Å². The minimum absolute atomic E-state index is 0.155. The summed E-state index contributed by atoms with van der Waals surface area (Å²) in [5, 5.41) is 8.68. The fourth-order valence-electron chi connectivity index (χ4n) is 1.75. The van der Waals surface area contributed by atoms with Crippen molar-refractivity contribution in [3.8, 4) is 11.8 Å². The number of nitrogens with zero attached hydrogens (tertiary/aromatic N) is 1. The number of halogens is 1. The van der Waals surface area contributed by atoms with Gasteiger partial charge in [0.15, 0.2) is 0 Å². The van der Waals surface area contributed by atoms with Crippen LogP contribution in [0, 0.1) is 31.0 Å². The summed E-state index contributed by atoms with van der Waals surface area (Å²) in [7, 11) is 0. The van der Waals surface area contributed by atoms with Crippen molar-refractivity contribution in [1.82, 2.24) is 0 Å². The summed E-state index contributed by atoms with van der Waals surface area (Å²) in [6, 6.07) is 12.2. The third-order valence-electron chi connectivity index (χ3n) is 2.91. The van der Waals surface area contributed by atoms with E-state index in [9.17, 15) is 4.39 Å². The molecule has 2 aromatic carbocycles. The van der Waals surface area contributed by atoms with Gasteiger partial charge in [-0.1, -0.05) is 18.2 Å². The minimum Gasteiger partial charge on any atom is -0.489 e. The average molecular weight is 255 g/mol. The Morgan fingerprint density at radius 2 is 1.95 bits per heavy atom. The van der Waals surface area contributed by atoms with E-state index in [0.717, 1.165) is 16.9 Å². The standard InChI is InChI=1S/C16H14FNO/c1-11-3-4-12(2)16(7-11)19-10-14-6-5-13(9-18)8-15(14)17/h3-8H,10H2,1-2H3. The van der Waals surface area contributed by atoms with Crippen molar-refractivity contribution >= 4 is 0 Å². The third kappa shape index (κ3) is 3.11. The predicted octanol–water partition coefficient (Wildman–Crippen LogP) is 3.89. The second-order valence-electron chi connectivity index (χ2n) is 4.48. The number of aryl methyl sites for hydroxylation is 2. The Kier molecular flexibility index (Phi) is 3.82. The Hall–Kier alpha value is -2.34. The lowest BCUT2D eigenvalue weighted by Gasteiger charge is -2.10. The van der Waals surface area contributed by atoms with E-state index >= 15 is 0 Å². The molecule has 0 saturated carbocycles. The predicted molar refractivity (Wildman–Crippen MR) is 71.4 cm³/mol. The maximum Gasteiger partial charge on any atom is 0.131 e. The minimum atomic E-state index is -0.413. The van der Waals surface area contributed by atoms with E-state index in [1.54, 1.807) is 12.1 Å². The first-order valence-corrected chi connectivity index (χ1v) is 5.99. The normalized spacial score (nSPS) is 10.0. The van der Waals surface area contributed by atoms with E-state index < -0.39 is 5.82 Å². The molecule has 0 aliphatic carbocycles. The summed E-state index contributed by atoms with van der Waals surface area (Å²) in [5.41, 5.74) is 2.87. The van der Waals surface area contributed by atoms with E-state index in [2.05, 4.69) is 0 Å². The second kappa shape index (κ2) is 5.53. The Bertz CT molecular complexity index is 644. The van der Waals surface area contributed by atoms with Gasteiger partial charge in [-0.05, 0) is 43.2 Å². The van der Waals surface area contributed by atoms with E-state index in [4.69, 9.17) is 10.00 Å². The molecule has 3 heteroatoms. The molecule has 0 spiro atoms. The van der Waals surface area contributed by atoms with Gasteiger partial charge >= 0.3 is 0 Å². The number of rotatable bonds is 3. The van der Waals surface area contributed by atoms with Crippen molar-refractivity contribution in [2.24, 2.45) is 0 Å². The van der Waals surface area contributed by atoms with Gasteiger partial charge in [-0.2, -0.15) is 5.26 Å². The fraction of sp³-hybridized carbons (Fsp3) is 0.188. The smallest absolute Gasteiger partial charge is 0.131 e. The van der Waals surface area contributed by atoms with E-state index in [1.165, 1.54) is 6.07 Å². The van der Waals surface area contributed by atoms with Crippen LogP contribution in [-0.2, 0) is 6.61 Å². The molecule has 0 unspecified atom stereocenters. The van der Waals surface area contributed by atoms with Crippen molar-refractivity contribution < 1.29 is 9.13 Å². The van der Waals surface area contributed by atoms with Crippen LogP contribution in [-0.4, -0.2) is 0 Å². The van der Waals surface area contributed by atoms with Gasteiger partial charge in [0.1, 0.15) is 18.2 Å². The number of nitriles is 1. The van der Waals surface area contributed by atoms with Crippen molar-refractivity contribution in [2.45, 2.75) is 20.5 Å². The highest BCUT2D eigenvalue weighted by atomic mass is 19.1. The number of ether oxygens (including phenoxy) is 1. The van der Waals surface area contributed by atoms with Gasteiger partial charge in [-0.3, -0.25) is 0 Å². The van der Waals surface area contributed by atoms with Crippen LogP contribution in [0.25, 0.3) is 0 Å². The average Bonchev–Trinajstić information content (AvgIpc) is 2.40. The van der Waals surface area contributed by atoms with E-state index in [-0.39, 0.29) is 6.61 Å². The van der Waals surface area contributed by atoms with Crippen LogP contribution in [0.4, 0.5) is 4.39 Å². The van der Waals surface area contributed by atoms with Gasteiger partial charge in [0.2, 0.25) is 0 Å². The molecule has 0 aromatic heterocycles. The topological polar surface area (TPSA) is 33.0 Å². The molecular weight excluding hydrogens is 241 g/mol. The SMILES string of the molecule is Cc1ccc(C)c(OCc2ccc(C#N)cc2F)c1. The number of hydrogen-bond acceptors (Lipinski definition) is 2. The molecule has 2 nitrogen and oxygen atoms in total. The van der Waals surface area contributed by atoms with Crippen molar-refractivity contribution in [1.29, 1.82) is 5.26 Å². The van der Waals surface area contributed by atoms with Crippen LogP contribution < -0.4 is 4.74 Å². The van der Waals surface area contributed by atoms with Gasteiger partial charge in [0.25, 0.3) is 0 Å². The highest BCUT2D eigenvalue weighted by molar-refractivity contribution is 5.37.